The molecule has 17 heavy (non-hydrogen) atoms. The van der Waals surface area contributed by atoms with Crippen molar-refractivity contribution in [1.82, 2.24) is 9.97 Å². The van der Waals surface area contributed by atoms with Gasteiger partial charge >= 0.3 is 0 Å². The number of primary amides is 1. The second-order valence-corrected chi connectivity index (χ2v) is 3.34. The molecule has 5 nitrogen and oxygen atoms in total. The summed E-state index contributed by atoms with van der Waals surface area (Å²) in [5, 5.41) is 0. The molecule has 2 rings (SSSR count). The summed E-state index contributed by atoms with van der Waals surface area (Å²) in [4.78, 5) is 19.0. The first-order chi connectivity index (χ1) is 8.25. The van der Waals surface area contributed by atoms with Crippen molar-refractivity contribution in [3.63, 3.8) is 0 Å². The summed E-state index contributed by atoms with van der Waals surface area (Å²) in [6, 6.07) is 10.4. The lowest BCUT2D eigenvalue weighted by Gasteiger charge is -2.05. The van der Waals surface area contributed by atoms with Gasteiger partial charge in [-0.3, -0.25) is 9.78 Å². The monoisotopic (exact) mass is 229 g/mol. The van der Waals surface area contributed by atoms with Crippen LogP contribution in [0.5, 0.6) is 5.88 Å². The molecule has 0 aromatic carbocycles. The zero-order valence-corrected chi connectivity index (χ0v) is 9.04. The van der Waals surface area contributed by atoms with Gasteiger partial charge in [-0.05, 0) is 18.2 Å². The van der Waals surface area contributed by atoms with Crippen LogP contribution in [0.4, 0.5) is 0 Å². The number of amides is 1. The van der Waals surface area contributed by atoms with Gasteiger partial charge in [0.2, 0.25) is 5.88 Å². The molecule has 0 saturated carbocycles. The number of carbonyl (C=O) groups is 1. The highest BCUT2D eigenvalue weighted by Crippen LogP contribution is 2.09. The lowest BCUT2D eigenvalue weighted by atomic mass is 10.3. The molecular weight excluding hydrogens is 218 g/mol. The van der Waals surface area contributed by atoms with Crippen LogP contribution in [0, 0.1) is 0 Å². The molecule has 0 saturated heterocycles. The highest BCUT2D eigenvalue weighted by molar-refractivity contribution is 5.90. The quantitative estimate of drug-likeness (QED) is 0.853. The number of hydrogen-bond donors (Lipinski definition) is 1. The van der Waals surface area contributed by atoms with Crippen molar-refractivity contribution < 1.29 is 9.53 Å². The molecular formula is C12H11N3O2. The minimum atomic E-state index is -0.576. The number of ether oxygens (including phenoxy) is 1. The molecule has 2 aromatic heterocycles. The Kier molecular flexibility index (Phi) is 3.30. The Bertz CT molecular complexity index is 514. The lowest BCUT2D eigenvalue weighted by molar-refractivity contribution is 0.0994. The molecule has 0 aliphatic carbocycles. The Balaban J connectivity index is 2.04. The number of aromatic nitrogens is 2. The molecule has 0 spiro atoms. The van der Waals surface area contributed by atoms with Crippen molar-refractivity contribution in [3.8, 4) is 5.88 Å². The van der Waals surface area contributed by atoms with E-state index in [0.717, 1.165) is 5.69 Å². The topological polar surface area (TPSA) is 78.1 Å². The first kappa shape index (κ1) is 11.1. The van der Waals surface area contributed by atoms with Crippen LogP contribution in [0.1, 0.15) is 16.2 Å². The summed E-state index contributed by atoms with van der Waals surface area (Å²) in [6.07, 6.45) is 1.69. The molecule has 2 heterocycles. The molecule has 0 aliphatic heterocycles. The van der Waals surface area contributed by atoms with E-state index in [1.807, 2.05) is 18.2 Å². The fourth-order valence-corrected chi connectivity index (χ4v) is 1.26. The fourth-order valence-electron chi connectivity index (χ4n) is 1.26. The molecule has 5 heteroatoms. The Morgan fingerprint density at radius 1 is 1.24 bits per heavy atom. The van der Waals surface area contributed by atoms with Crippen molar-refractivity contribution in [1.29, 1.82) is 0 Å². The maximum atomic E-state index is 10.9. The van der Waals surface area contributed by atoms with E-state index in [9.17, 15) is 4.79 Å². The number of pyridine rings is 2. The van der Waals surface area contributed by atoms with E-state index in [4.69, 9.17) is 10.5 Å². The maximum Gasteiger partial charge on any atom is 0.267 e. The van der Waals surface area contributed by atoms with Gasteiger partial charge in [0.1, 0.15) is 12.3 Å². The van der Waals surface area contributed by atoms with Gasteiger partial charge in [-0.15, -0.1) is 0 Å². The van der Waals surface area contributed by atoms with Gasteiger partial charge in [-0.1, -0.05) is 12.1 Å². The summed E-state index contributed by atoms with van der Waals surface area (Å²) < 4.78 is 5.40. The molecule has 1 amide bonds. The van der Waals surface area contributed by atoms with E-state index in [0.29, 0.717) is 12.5 Å². The molecule has 0 atom stereocenters. The highest BCUT2D eigenvalue weighted by atomic mass is 16.5. The zero-order valence-electron chi connectivity index (χ0n) is 9.04. The Morgan fingerprint density at radius 2 is 2.12 bits per heavy atom. The Morgan fingerprint density at radius 3 is 2.82 bits per heavy atom. The SMILES string of the molecule is NC(=O)c1cccc(OCc2ccccn2)n1. The normalized spacial score (nSPS) is 9.88. The molecule has 0 unspecified atom stereocenters. The van der Waals surface area contributed by atoms with Crippen LogP contribution in [0.25, 0.3) is 0 Å². The number of carbonyl (C=O) groups excluding carboxylic acids is 1. The second-order valence-electron chi connectivity index (χ2n) is 3.34. The van der Waals surface area contributed by atoms with Crippen LogP contribution in [0.15, 0.2) is 42.6 Å². The summed E-state index contributed by atoms with van der Waals surface area (Å²) >= 11 is 0. The molecule has 0 aliphatic rings. The maximum absolute atomic E-state index is 10.9. The predicted octanol–water partition coefficient (Wildman–Crippen LogP) is 1.15. The van der Waals surface area contributed by atoms with E-state index < -0.39 is 5.91 Å². The van der Waals surface area contributed by atoms with Crippen molar-refractivity contribution in [3.05, 3.63) is 54.0 Å². The molecule has 0 fully saturated rings. The minimum absolute atomic E-state index is 0.184. The van der Waals surface area contributed by atoms with Crippen LogP contribution in [-0.2, 0) is 6.61 Å². The third-order valence-corrected chi connectivity index (χ3v) is 2.07. The van der Waals surface area contributed by atoms with Gasteiger partial charge in [-0.2, -0.15) is 0 Å². The van der Waals surface area contributed by atoms with E-state index in [-0.39, 0.29) is 5.69 Å². The van der Waals surface area contributed by atoms with Gasteiger partial charge < -0.3 is 10.5 Å². The van der Waals surface area contributed by atoms with Gasteiger partial charge in [0, 0.05) is 12.3 Å². The van der Waals surface area contributed by atoms with Crippen LogP contribution >= 0.6 is 0 Å². The summed E-state index contributed by atoms with van der Waals surface area (Å²) in [7, 11) is 0. The van der Waals surface area contributed by atoms with Crippen LogP contribution < -0.4 is 10.5 Å². The number of rotatable bonds is 4. The van der Waals surface area contributed by atoms with Crippen molar-refractivity contribution in [2.45, 2.75) is 6.61 Å². The van der Waals surface area contributed by atoms with E-state index >= 15 is 0 Å². The zero-order chi connectivity index (χ0) is 12.1. The fraction of sp³-hybridized carbons (Fsp3) is 0.0833. The van der Waals surface area contributed by atoms with Crippen LogP contribution in [0.2, 0.25) is 0 Å². The van der Waals surface area contributed by atoms with Gasteiger partial charge in [0.25, 0.3) is 5.91 Å². The van der Waals surface area contributed by atoms with Crippen LogP contribution in [-0.4, -0.2) is 15.9 Å². The largest absolute Gasteiger partial charge is 0.471 e. The lowest BCUT2D eigenvalue weighted by Crippen LogP contribution is -2.13. The van der Waals surface area contributed by atoms with Gasteiger partial charge in [0.05, 0.1) is 5.69 Å². The van der Waals surface area contributed by atoms with E-state index in [1.165, 1.54) is 6.07 Å². The standard InChI is InChI=1S/C12H11N3O2/c13-12(16)10-5-3-6-11(15-10)17-8-9-4-1-2-7-14-9/h1-7H,8H2,(H2,13,16). The van der Waals surface area contributed by atoms with E-state index in [1.54, 1.807) is 18.3 Å². The average Bonchev–Trinajstić information content (AvgIpc) is 2.38. The summed E-state index contributed by atoms with van der Waals surface area (Å²) in [6.45, 7) is 0.302. The smallest absolute Gasteiger partial charge is 0.267 e. The van der Waals surface area contributed by atoms with Crippen molar-refractivity contribution >= 4 is 5.91 Å². The molecule has 2 aromatic rings. The van der Waals surface area contributed by atoms with E-state index in [2.05, 4.69) is 9.97 Å². The van der Waals surface area contributed by atoms with Gasteiger partial charge in [-0.25, -0.2) is 4.98 Å². The van der Waals surface area contributed by atoms with Crippen LogP contribution in [0.3, 0.4) is 0 Å². The Hall–Kier alpha value is -2.43. The molecule has 2 N–H and O–H groups in total. The number of hydrogen-bond acceptors (Lipinski definition) is 4. The Labute approximate surface area is 98.3 Å². The van der Waals surface area contributed by atoms with Crippen molar-refractivity contribution in [2.75, 3.05) is 0 Å². The minimum Gasteiger partial charge on any atom is -0.471 e. The third kappa shape index (κ3) is 3.01. The summed E-state index contributed by atoms with van der Waals surface area (Å²) in [5.41, 5.74) is 6.09. The summed E-state index contributed by atoms with van der Waals surface area (Å²) in [5.74, 6) is -0.222. The molecule has 86 valence electrons. The second kappa shape index (κ2) is 5.07. The average molecular weight is 229 g/mol. The number of nitrogens with zero attached hydrogens (tertiary/aromatic N) is 2. The molecule has 0 bridgehead atoms. The highest BCUT2D eigenvalue weighted by Gasteiger charge is 2.04. The predicted molar refractivity (Wildman–Crippen MR) is 61.3 cm³/mol. The third-order valence-electron chi connectivity index (χ3n) is 2.07. The van der Waals surface area contributed by atoms with Gasteiger partial charge in [0.15, 0.2) is 0 Å². The number of nitrogens with two attached hydrogens (primary N) is 1. The van der Waals surface area contributed by atoms with Crippen molar-refractivity contribution in [2.24, 2.45) is 5.73 Å². The first-order valence-electron chi connectivity index (χ1n) is 5.05. The first-order valence-corrected chi connectivity index (χ1v) is 5.05. The molecule has 0 radical (unpaired) electrons.